The summed E-state index contributed by atoms with van der Waals surface area (Å²) in [4.78, 5) is 6.74. The van der Waals surface area contributed by atoms with E-state index in [1.807, 2.05) is 19.4 Å². The molecule has 0 radical (unpaired) electrons. The topological polar surface area (TPSA) is 47.1 Å². The van der Waals surface area contributed by atoms with Crippen molar-refractivity contribution in [3.63, 3.8) is 0 Å². The largest absolute Gasteiger partial charge is 0.337 e. The van der Waals surface area contributed by atoms with Crippen molar-refractivity contribution in [1.29, 1.82) is 0 Å². The van der Waals surface area contributed by atoms with E-state index in [0.717, 1.165) is 38.3 Å². The van der Waals surface area contributed by atoms with Crippen LogP contribution in [0.5, 0.6) is 0 Å². The minimum absolute atomic E-state index is 0.410. The maximum atomic E-state index is 5.85. The second-order valence-corrected chi connectivity index (χ2v) is 4.07. The molecular weight excluding hydrogens is 176 g/mol. The van der Waals surface area contributed by atoms with E-state index in [1.165, 1.54) is 0 Å². The lowest BCUT2D eigenvalue weighted by molar-refractivity contribution is 0.199. The molecule has 0 spiro atoms. The predicted octanol–water partition coefficient (Wildman–Crippen LogP) is 0.343. The number of rotatable bonds is 2. The summed E-state index contributed by atoms with van der Waals surface area (Å²) in [5.74, 6) is 1.14. The highest BCUT2D eigenvalue weighted by molar-refractivity contribution is 4.91. The molecule has 1 saturated heterocycles. The van der Waals surface area contributed by atoms with Crippen LogP contribution in [0.4, 0.5) is 0 Å². The van der Waals surface area contributed by atoms with Crippen LogP contribution in [0, 0.1) is 0 Å². The third-order valence-electron chi connectivity index (χ3n) is 2.92. The summed E-state index contributed by atoms with van der Waals surface area (Å²) in [6.45, 7) is 3.16. The van der Waals surface area contributed by atoms with E-state index in [4.69, 9.17) is 5.73 Å². The van der Waals surface area contributed by atoms with Crippen molar-refractivity contribution in [3.8, 4) is 0 Å². The number of nitrogens with two attached hydrogens (primary N) is 1. The van der Waals surface area contributed by atoms with Gasteiger partial charge in [0, 0.05) is 38.6 Å². The third kappa shape index (κ3) is 2.13. The van der Waals surface area contributed by atoms with Crippen LogP contribution in [0.15, 0.2) is 12.4 Å². The number of aromatic nitrogens is 2. The Morgan fingerprint density at radius 2 is 2.21 bits per heavy atom. The Balaban J connectivity index is 1.89. The van der Waals surface area contributed by atoms with Crippen molar-refractivity contribution < 1.29 is 0 Å². The average Bonchev–Trinajstić information content (AvgIpc) is 2.56. The third-order valence-corrected chi connectivity index (χ3v) is 2.92. The van der Waals surface area contributed by atoms with Gasteiger partial charge in [-0.3, -0.25) is 4.90 Å². The van der Waals surface area contributed by atoms with Gasteiger partial charge in [0.25, 0.3) is 0 Å². The van der Waals surface area contributed by atoms with Crippen LogP contribution in [0.25, 0.3) is 0 Å². The van der Waals surface area contributed by atoms with Gasteiger partial charge in [0.05, 0.1) is 6.54 Å². The fraction of sp³-hybridized carbons (Fsp3) is 0.700. The van der Waals surface area contributed by atoms with Crippen molar-refractivity contribution in [2.75, 3.05) is 13.1 Å². The molecule has 2 rings (SSSR count). The summed E-state index contributed by atoms with van der Waals surface area (Å²) in [5, 5.41) is 0. The lowest BCUT2D eigenvalue weighted by atomic mass is 10.1. The van der Waals surface area contributed by atoms with Crippen molar-refractivity contribution in [2.45, 2.75) is 25.4 Å². The van der Waals surface area contributed by atoms with Gasteiger partial charge in [0.15, 0.2) is 0 Å². The number of nitrogens with zero attached hydrogens (tertiary/aromatic N) is 3. The van der Waals surface area contributed by atoms with Gasteiger partial charge in [0.1, 0.15) is 5.82 Å². The summed E-state index contributed by atoms with van der Waals surface area (Å²) in [5.41, 5.74) is 5.85. The van der Waals surface area contributed by atoms with Crippen LogP contribution in [0.2, 0.25) is 0 Å². The molecule has 1 aliphatic heterocycles. The molecule has 0 saturated carbocycles. The SMILES string of the molecule is Cn1ccnc1CN1CCC(N)CC1. The number of imidazole rings is 1. The van der Waals surface area contributed by atoms with E-state index in [-0.39, 0.29) is 0 Å². The number of hydrogen-bond acceptors (Lipinski definition) is 3. The highest BCUT2D eigenvalue weighted by Crippen LogP contribution is 2.10. The van der Waals surface area contributed by atoms with Crippen LogP contribution in [0.3, 0.4) is 0 Å². The van der Waals surface area contributed by atoms with Crippen molar-refractivity contribution in [1.82, 2.24) is 14.5 Å². The fourth-order valence-electron chi connectivity index (χ4n) is 1.86. The zero-order valence-electron chi connectivity index (χ0n) is 8.69. The van der Waals surface area contributed by atoms with Crippen LogP contribution < -0.4 is 5.73 Å². The van der Waals surface area contributed by atoms with Gasteiger partial charge in [-0.05, 0) is 12.8 Å². The van der Waals surface area contributed by atoms with Crippen LogP contribution in [0.1, 0.15) is 18.7 Å². The average molecular weight is 194 g/mol. The van der Waals surface area contributed by atoms with E-state index in [2.05, 4.69) is 14.5 Å². The van der Waals surface area contributed by atoms with Gasteiger partial charge < -0.3 is 10.3 Å². The van der Waals surface area contributed by atoms with E-state index in [1.54, 1.807) is 0 Å². The first-order chi connectivity index (χ1) is 6.75. The lowest BCUT2D eigenvalue weighted by Gasteiger charge is -2.29. The second kappa shape index (κ2) is 4.11. The number of aryl methyl sites for hydroxylation is 1. The van der Waals surface area contributed by atoms with E-state index in [0.29, 0.717) is 6.04 Å². The van der Waals surface area contributed by atoms with Crippen LogP contribution in [-0.2, 0) is 13.6 Å². The maximum Gasteiger partial charge on any atom is 0.122 e. The molecular formula is C10H18N4. The fourth-order valence-corrected chi connectivity index (χ4v) is 1.86. The standard InChI is InChI=1S/C10H18N4/c1-13-7-4-12-10(13)8-14-5-2-9(11)3-6-14/h4,7,9H,2-3,5-6,8,11H2,1H3. The van der Waals surface area contributed by atoms with E-state index < -0.39 is 0 Å². The predicted molar refractivity (Wildman–Crippen MR) is 55.7 cm³/mol. The monoisotopic (exact) mass is 194 g/mol. The number of hydrogen-bond donors (Lipinski definition) is 1. The minimum atomic E-state index is 0.410. The smallest absolute Gasteiger partial charge is 0.122 e. The summed E-state index contributed by atoms with van der Waals surface area (Å²) in [6.07, 6.45) is 6.07. The Hall–Kier alpha value is -0.870. The zero-order chi connectivity index (χ0) is 9.97. The van der Waals surface area contributed by atoms with Gasteiger partial charge in [0.2, 0.25) is 0 Å². The maximum absolute atomic E-state index is 5.85. The summed E-state index contributed by atoms with van der Waals surface area (Å²) < 4.78 is 2.08. The normalized spacial score (nSPS) is 20.1. The Labute approximate surface area is 84.7 Å². The molecule has 2 N–H and O–H groups in total. The summed E-state index contributed by atoms with van der Waals surface area (Å²) in [6, 6.07) is 0.410. The van der Waals surface area contributed by atoms with Crippen molar-refractivity contribution in [3.05, 3.63) is 18.2 Å². The Morgan fingerprint density at radius 3 is 2.79 bits per heavy atom. The molecule has 0 amide bonds. The molecule has 1 aromatic heterocycles. The molecule has 0 unspecified atom stereocenters. The van der Waals surface area contributed by atoms with Crippen LogP contribution in [-0.4, -0.2) is 33.6 Å². The van der Waals surface area contributed by atoms with Crippen molar-refractivity contribution >= 4 is 0 Å². The first-order valence-corrected chi connectivity index (χ1v) is 5.20. The molecule has 78 valence electrons. The molecule has 14 heavy (non-hydrogen) atoms. The van der Waals surface area contributed by atoms with Gasteiger partial charge in [-0.1, -0.05) is 0 Å². The highest BCUT2D eigenvalue weighted by atomic mass is 15.2. The molecule has 0 atom stereocenters. The molecule has 4 heteroatoms. The van der Waals surface area contributed by atoms with Gasteiger partial charge >= 0.3 is 0 Å². The second-order valence-electron chi connectivity index (χ2n) is 4.07. The Morgan fingerprint density at radius 1 is 1.50 bits per heavy atom. The molecule has 0 aromatic carbocycles. The van der Waals surface area contributed by atoms with Crippen molar-refractivity contribution in [2.24, 2.45) is 12.8 Å². The van der Waals surface area contributed by atoms with E-state index in [9.17, 15) is 0 Å². The Kier molecular flexibility index (Phi) is 2.84. The molecule has 0 bridgehead atoms. The molecule has 1 aliphatic rings. The first kappa shape index (κ1) is 9.68. The van der Waals surface area contributed by atoms with Gasteiger partial charge in [-0.25, -0.2) is 4.98 Å². The number of likely N-dealkylation sites (tertiary alicyclic amines) is 1. The molecule has 4 nitrogen and oxygen atoms in total. The Bertz CT molecular complexity index is 286. The highest BCUT2D eigenvalue weighted by Gasteiger charge is 2.16. The van der Waals surface area contributed by atoms with Gasteiger partial charge in [-0.15, -0.1) is 0 Å². The van der Waals surface area contributed by atoms with Gasteiger partial charge in [-0.2, -0.15) is 0 Å². The van der Waals surface area contributed by atoms with E-state index >= 15 is 0 Å². The lowest BCUT2D eigenvalue weighted by Crippen LogP contribution is -2.39. The molecule has 2 heterocycles. The molecule has 1 fully saturated rings. The summed E-state index contributed by atoms with van der Waals surface area (Å²) in [7, 11) is 2.04. The number of piperidine rings is 1. The molecule has 1 aromatic rings. The first-order valence-electron chi connectivity index (χ1n) is 5.20. The zero-order valence-corrected chi connectivity index (χ0v) is 8.69. The quantitative estimate of drug-likeness (QED) is 0.738. The summed E-state index contributed by atoms with van der Waals surface area (Å²) >= 11 is 0. The van der Waals surface area contributed by atoms with Crippen LogP contribution >= 0.6 is 0 Å². The minimum Gasteiger partial charge on any atom is -0.337 e. The molecule has 0 aliphatic carbocycles.